The largest absolute Gasteiger partial charge is 0.314 e. The quantitative estimate of drug-likeness (QED) is 0.855. The van der Waals surface area contributed by atoms with E-state index in [0.717, 1.165) is 36.4 Å². The summed E-state index contributed by atoms with van der Waals surface area (Å²) in [4.78, 5) is 6.35. The lowest BCUT2D eigenvalue weighted by atomic mass is 10.3. The van der Waals surface area contributed by atoms with Crippen LogP contribution >= 0.6 is 11.3 Å². The average Bonchev–Trinajstić information content (AvgIpc) is 2.93. The Morgan fingerprint density at radius 2 is 2.14 bits per heavy atom. The van der Waals surface area contributed by atoms with Crippen molar-refractivity contribution in [2.75, 3.05) is 43.2 Å². The van der Waals surface area contributed by atoms with Gasteiger partial charge < -0.3 is 5.32 Å². The van der Waals surface area contributed by atoms with E-state index in [9.17, 15) is 8.42 Å². The third-order valence-corrected chi connectivity index (χ3v) is 5.55. The first kappa shape index (κ1) is 14.7. The molecule has 1 aromatic heterocycles. The highest BCUT2D eigenvalue weighted by atomic mass is 32.2. The highest BCUT2D eigenvalue weighted by Gasteiger charge is 2.15. The molecule has 21 heavy (non-hydrogen) atoms. The molecule has 6 nitrogen and oxygen atoms in total. The fourth-order valence-corrected chi connectivity index (χ4v) is 4.14. The van der Waals surface area contributed by atoms with E-state index >= 15 is 0 Å². The summed E-state index contributed by atoms with van der Waals surface area (Å²) in [7, 11) is -3.31. The zero-order chi connectivity index (χ0) is 14.7. The first-order chi connectivity index (χ1) is 10.1. The number of fused-ring (bicyclic) bond motifs is 1. The van der Waals surface area contributed by atoms with Crippen molar-refractivity contribution in [1.29, 1.82) is 0 Å². The van der Waals surface area contributed by atoms with Crippen molar-refractivity contribution in [1.82, 2.24) is 15.2 Å². The number of rotatable bonds is 5. The van der Waals surface area contributed by atoms with Crippen LogP contribution in [0.1, 0.15) is 0 Å². The minimum atomic E-state index is -3.31. The number of piperazine rings is 1. The lowest BCUT2D eigenvalue weighted by molar-refractivity contribution is 0.254. The molecular formula is C13H18N4O2S2. The van der Waals surface area contributed by atoms with Crippen LogP contribution in [0.5, 0.6) is 0 Å². The van der Waals surface area contributed by atoms with Gasteiger partial charge in [-0.3, -0.25) is 9.62 Å². The van der Waals surface area contributed by atoms with E-state index in [4.69, 9.17) is 0 Å². The lowest BCUT2D eigenvalue weighted by Crippen LogP contribution is -2.45. The van der Waals surface area contributed by atoms with Gasteiger partial charge in [0.1, 0.15) is 0 Å². The van der Waals surface area contributed by atoms with Gasteiger partial charge in [0.25, 0.3) is 0 Å². The maximum Gasteiger partial charge on any atom is 0.233 e. The molecule has 114 valence electrons. The van der Waals surface area contributed by atoms with Crippen LogP contribution in [0.15, 0.2) is 23.7 Å². The van der Waals surface area contributed by atoms with Crippen molar-refractivity contribution in [3.05, 3.63) is 23.7 Å². The molecule has 8 heteroatoms. The Morgan fingerprint density at radius 1 is 1.33 bits per heavy atom. The third-order valence-electron chi connectivity index (χ3n) is 3.49. The highest BCUT2D eigenvalue weighted by Crippen LogP contribution is 2.22. The summed E-state index contributed by atoms with van der Waals surface area (Å²) in [5, 5.41) is 3.25. The molecule has 2 aromatic rings. The second kappa shape index (κ2) is 6.27. The van der Waals surface area contributed by atoms with Gasteiger partial charge in [0, 0.05) is 32.7 Å². The highest BCUT2D eigenvalue weighted by molar-refractivity contribution is 7.92. The van der Waals surface area contributed by atoms with Crippen LogP contribution in [0.2, 0.25) is 0 Å². The van der Waals surface area contributed by atoms with Gasteiger partial charge in [-0.05, 0) is 18.2 Å². The standard InChI is InChI=1S/C13H18N4O2S2/c18-21(19,8-7-17-5-3-14-4-6-17)16-11-1-2-12-13(9-11)20-10-15-12/h1-2,9-10,14,16H,3-8H2. The van der Waals surface area contributed by atoms with Gasteiger partial charge in [-0.15, -0.1) is 11.3 Å². The van der Waals surface area contributed by atoms with E-state index in [-0.39, 0.29) is 5.75 Å². The van der Waals surface area contributed by atoms with Gasteiger partial charge in [0.15, 0.2) is 0 Å². The summed E-state index contributed by atoms with van der Waals surface area (Å²) in [6.45, 7) is 4.23. The molecule has 1 aliphatic heterocycles. The molecule has 0 spiro atoms. The predicted octanol–water partition coefficient (Wildman–Crippen LogP) is 0.943. The minimum absolute atomic E-state index is 0.119. The van der Waals surface area contributed by atoms with Crippen molar-refractivity contribution in [3.63, 3.8) is 0 Å². The number of benzene rings is 1. The number of anilines is 1. The Kier molecular flexibility index (Phi) is 4.39. The van der Waals surface area contributed by atoms with E-state index in [1.807, 2.05) is 12.1 Å². The van der Waals surface area contributed by atoms with Crippen LogP contribution in [0.4, 0.5) is 5.69 Å². The monoisotopic (exact) mass is 326 g/mol. The molecule has 3 rings (SSSR count). The second-order valence-corrected chi connectivity index (χ2v) is 7.78. The Bertz CT molecular complexity index is 708. The fourth-order valence-electron chi connectivity index (χ4n) is 2.33. The van der Waals surface area contributed by atoms with Crippen molar-refractivity contribution in [2.45, 2.75) is 0 Å². The molecule has 1 aliphatic rings. The Morgan fingerprint density at radius 3 is 2.95 bits per heavy atom. The van der Waals surface area contributed by atoms with Crippen molar-refractivity contribution in [3.8, 4) is 0 Å². The number of nitrogens with zero attached hydrogens (tertiary/aromatic N) is 2. The summed E-state index contributed by atoms with van der Waals surface area (Å²) in [6, 6.07) is 5.42. The Balaban J connectivity index is 1.61. The zero-order valence-corrected chi connectivity index (χ0v) is 13.2. The normalized spacial score (nSPS) is 17.1. The molecular weight excluding hydrogens is 308 g/mol. The van der Waals surface area contributed by atoms with Crippen LogP contribution in [0.25, 0.3) is 10.2 Å². The number of nitrogens with one attached hydrogen (secondary N) is 2. The second-order valence-electron chi connectivity index (χ2n) is 5.05. The molecule has 1 saturated heterocycles. The van der Waals surface area contributed by atoms with Gasteiger partial charge in [0.2, 0.25) is 10.0 Å². The Labute approximate surface area is 128 Å². The summed E-state index contributed by atoms with van der Waals surface area (Å²) in [5.41, 5.74) is 3.25. The van der Waals surface area contributed by atoms with Gasteiger partial charge in [-0.1, -0.05) is 0 Å². The van der Waals surface area contributed by atoms with Crippen molar-refractivity contribution >= 4 is 37.3 Å². The minimum Gasteiger partial charge on any atom is -0.314 e. The maximum absolute atomic E-state index is 12.2. The molecule has 0 amide bonds. The zero-order valence-electron chi connectivity index (χ0n) is 11.6. The summed E-state index contributed by atoms with van der Waals surface area (Å²) < 4.78 is 27.9. The van der Waals surface area contributed by atoms with E-state index in [0.29, 0.717) is 12.2 Å². The summed E-state index contributed by atoms with van der Waals surface area (Å²) >= 11 is 1.50. The smallest absolute Gasteiger partial charge is 0.233 e. The van der Waals surface area contributed by atoms with E-state index in [1.165, 1.54) is 11.3 Å². The van der Waals surface area contributed by atoms with Crippen LogP contribution < -0.4 is 10.0 Å². The predicted molar refractivity (Wildman–Crippen MR) is 86.3 cm³/mol. The Hall–Kier alpha value is -1.22. The molecule has 0 bridgehead atoms. The molecule has 0 radical (unpaired) electrons. The number of aromatic nitrogens is 1. The van der Waals surface area contributed by atoms with E-state index in [1.54, 1.807) is 11.6 Å². The molecule has 1 aromatic carbocycles. The number of thiazole rings is 1. The van der Waals surface area contributed by atoms with Crippen LogP contribution in [-0.4, -0.2) is 56.8 Å². The molecule has 0 aliphatic carbocycles. The molecule has 0 unspecified atom stereocenters. The van der Waals surface area contributed by atoms with Crippen LogP contribution in [0.3, 0.4) is 0 Å². The van der Waals surface area contributed by atoms with E-state index in [2.05, 4.69) is 19.9 Å². The molecule has 2 N–H and O–H groups in total. The SMILES string of the molecule is O=S(=O)(CCN1CCNCC1)Nc1ccc2ncsc2c1. The number of sulfonamides is 1. The number of hydrogen-bond donors (Lipinski definition) is 2. The number of hydrogen-bond acceptors (Lipinski definition) is 6. The third kappa shape index (κ3) is 3.91. The fraction of sp³-hybridized carbons (Fsp3) is 0.462. The first-order valence-electron chi connectivity index (χ1n) is 6.89. The van der Waals surface area contributed by atoms with Gasteiger partial charge in [-0.2, -0.15) is 0 Å². The molecule has 0 atom stereocenters. The van der Waals surface area contributed by atoms with Crippen molar-refractivity contribution in [2.24, 2.45) is 0 Å². The summed E-state index contributed by atoms with van der Waals surface area (Å²) in [6.07, 6.45) is 0. The lowest BCUT2D eigenvalue weighted by Gasteiger charge is -2.26. The molecule has 2 heterocycles. The van der Waals surface area contributed by atoms with Crippen LogP contribution in [-0.2, 0) is 10.0 Å². The summed E-state index contributed by atoms with van der Waals surface area (Å²) in [5.74, 6) is 0.119. The van der Waals surface area contributed by atoms with Gasteiger partial charge in [-0.25, -0.2) is 13.4 Å². The van der Waals surface area contributed by atoms with Gasteiger partial charge >= 0.3 is 0 Å². The van der Waals surface area contributed by atoms with Gasteiger partial charge in [0.05, 0.1) is 27.2 Å². The molecule has 0 saturated carbocycles. The maximum atomic E-state index is 12.2. The first-order valence-corrected chi connectivity index (χ1v) is 9.42. The van der Waals surface area contributed by atoms with Crippen molar-refractivity contribution < 1.29 is 8.42 Å². The molecule has 1 fully saturated rings. The van der Waals surface area contributed by atoms with E-state index < -0.39 is 10.0 Å². The van der Waals surface area contributed by atoms with Crippen LogP contribution in [0, 0.1) is 0 Å². The average molecular weight is 326 g/mol. The topological polar surface area (TPSA) is 74.3 Å².